The van der Waals surface area contributed by atoms with Crippen molar-refractivity contribution in [1.82, 2.24) is 10.0 Å². The summed E-state index contributed by atoms with van der Waals surface area (Å²) < 4.78 is 26.6. The Morgan fingerprint density at radius 1 is 1.23 bits per heavy atom. The Morgan fingerprint density at radius 2 is 1.86 bits per heavy atom. The van der Waals surface area contributed by atoms with Crippen LogP contribution in [0.1, 0.15) is 37.8 Å². The number of rotatable bonds is 9. The fourth-order valence-corrected chi connectivity index (χ4v) is 3.51. The summed E-state index contributed by atoms with van der Waals surface area (Å²) in [6.07, 6.45) is 1.02. The highest BCUT2D eigenvalue weighted by Crippen LogP contribution is 2.12. The van der Waals surface area contributed by atoms with Crippen molar-refractivity contribution < 1.29 is 13.2 Å². The average Bonchev–Trinajstić information content (AvgIpc) is 2.42. The minimum Gasteiger partial charge on any atom is -0.352 e. The van der Waals surface area contributed by atoms with Crippen molar-refractivity contribution >= 4 is 15.9 Å². The first kappa shape index (κ1) is 18.6. The van der Waals surface area contributed by atoms with E-state index in [4.69, 9.17) is 5.73 Å². The molecule has 1 aromatic rings. The molecule has 0 saturated carbocycles. The van der Waals surface area contributed by atoms with Gasteiger partial charge in [0.25, 0.3) is 0 Å². The molecular formula is C15H25N3O3S. The van der Waals surface area contributed by atoms with Crippen LogP contribution in [0.3, 0.4) is 0 Å². The van der Waals surface area contributed by atoms with Crippen LogP contribution >= 0.6 is 0 Å². The number of sulfonamides is 1. The van der Waals surface area contributed by atoms with Crippen LogP contribution in [-0.4, -0.2) is 26.9 Å². The summed E-state index contributed by atoms with van der Waals surface area (Å²) in [6.45, 7) is 4.35. The molecule has 0 atom stereocenters. The summed E-state index contributed by atoms with van der Waals surface area (Å²) in [6, 6.07) is 7.06. The zero-order chi connectivity index (χ0) is 16.6. The Bertz CT molecular complexity index is 585. The zero-order valence-electron chi connectivity index (χ0n) is 13.1. The molecule has 1 rings (SSSR count). The van der Waals surface area contributed by atoms with Gasteiger partial charge in [0.05, 0.1) is 5.75 Å². The third-order valence-corrected chi connectivity index (χ3v) is 4.48. The van der Waals surface area contributed by atoms with Crippen LogP contribution in [0.5, 0.6) is 0 Å². The molecule has 1 aromatic carbocycles. The van der Waals surface area contributed by atoms with E-state index < -0.39 is 10.0 Å². The summed E-state index contributed by atoms with van der Waals surface area (Å²) in [4.78, 5) is 11.6. The molecule has 0 radical (unpaired) electrons. The highest BCUT2D eigenvalue weighted by atomic mass is 32.2. The zero-order valence-corrected chi connectivity index (χ0v) is 13.9. The van der Waals surface area contributed by atoms with Gasteiger partial charge in [-0.2, -0.15) is 0 Å². The van der Waals surface area contributed by atoms with Crippen LogP contribution in [0, 0.1) is 0 Å². The van der Waals surface area contributed by atoms with E-state index in [1.54, 1.807) is 26.0 Å². The van der Waals surface area contributed by atoms with Gasteiger partial charge in [0.2, 0.25) is 15.9 Å². The standard InChI is InChI=1S/C15H25N3O3S/c1-12(2)18-22(20,21)11-14-7-4-3-6-13(14)10-17-15(19)8-5-9-16/h3-4,6-7,12,18H,5,8-11,16H2,1-2H3,(H,17,19). The van der Waals surface area contributed by atoms with Crippen LogP contribution in [0.15, 0.2) is 24.3 Å². The molecule has 0 heterocycles. The van der Waals surface area contributed by atoms with Gasteiger partial charge in [-0.1, -0.05) is 24.3 Å². The molecule has 0 aliphatic heterocycles. The van der Waals surface area contributed by atoms with Gasteiger partial charge in [0, 0.05) is 19.0 Å². The number of hydrogen-bond acceptors (Lipinski definition) is 4. The average molecular weight is 327 g/mol. The second kappa shape index (κ2) is 8.87. The van der Waals surface area contributed by atoms with Gasteiger partial charge < -0.3 is 11.1 Å². The summed E-state index contributed by atoms with van der Waals surface area (Å²) >= 11 is 0. The first-order valence-electron chi connectivity index (χ1n) is 7.37. The Morgan fingerprint density at radius 3 is 2.45 bits per heavy atom. The topological polar surface area (TPSA) is 101 Å². The number of amides is 1. The molecule has 4 N–H and O–H groups in total. The van der Waals surface area contributed by atoms with Crippen molar-refractivity contribution in [2.24, 2.45) is 5.73 Å². The number of carbonyl (C=O) groups excluding carboxylic acids is 1. The quantitative estimate of drug-likeness (QED) is 0.626. The Hall–Kier alpha value is -1.44. The molecule has 6 nitrogen and oxygen atoms in total. The van der Waals surface area contributed by atoms with Gasteiger partial charge in [0.1, 0.15) is 0 Å². The maximum absolute atomic E-state index is 12.0. The van der Waals surface area contributed by atoms with Crippen molar-refractivity contribution in [1.29, 1.82) is 0 Å². The summed E-state index contributed by atoms with van der Waals surface area (Å²) in [7, 11) is -3.39. The lowest BCUT2D eigenvalue weighted by Gasteiger charge is -2.13. The van der Waals surface area contributed by atoms with E-state index in [1.807, 2.05) is 12.1 Å². The van der Waals surface area contributed by atoms with Gasteiger partial charge in [-0.05, 0) is 37.9 Å². The summed E-state index contributed by atoms with van der Waals surface area (Å²) in [5.74, 6) is -0.177. The second-order valence-corrected chi connectivity index (χ2v) is 7.22. The van der Waals surface area contributed by atoms with Crippen LogP contribution in [0.25, 0.3) is 0 Å². The molecule has 124 valence electrons. The Kier molecular flexibility index (Phi) is 7.50. The molecule has 0 saturated heterocycles. The lowest BCUT2D eigenvalue weighted by Crippen LogP contribution is -2.32. The summed E-state index contributed by atoms with van der Waals surface area (Å²) in [5, 5.41) is 2.79. The molecule has 22 heavy (non-hydrogen) atoms. The van der Waals surface area contributed by atoms with Crippen LogP contribution in [0.2, 0.25) is 0 Å². The number of benzene rings is 1. The van der Waals surface area contributed by atoms with Crippen molar-refractivity contribution in [3.05, 3.63) is 35.4 Å². The highest BCUT2D eigenvalue weighted by molar-refractivity contribution is 7.88. The third-order valence-electron chi connectivity index (χ3n) is 2.96. The molecule has 1 amide bonds. The van der Waals surface area contributed by atoms with E-state index in [9.17, 15) is 13.2 Å². The fourth-order valence-electron chi connectivity index (χ4n) is 2.02. The minimum absolute atomic E-state index is 0.0802. The van der Waals surface area contributed by atoms with E-state index in [0.29, 0.717) is 31.5 Å². The molecule has 0 aromatic heterocycles. The predicted molar refractivity (Wildman–Crippen MR) is 87.5 cm³/mol. The van der Waals surface area contributed by atoms with Crippen molar-refractivity contribution in [2.45, 2.75) is 45.0 Å². The smallest absolute Gasteiger partial charge is 0.220 e. The van der Waals surface area contributed by atoms with E-state index in [-0.39, 0.29) is 17.7 Å². The number of carbonyl (C=O) groups is 1. The first-order valence-corrected chi connectivity index (χ1v) is 9.03. The molecular weight excluding hydrogens is 302 g/mol. The molecule has 0 unspecified atom stereocenters. The van der Waals surface area contributed by atoms with Crippen LogP contribution in [0.4, 0.5) is 0 Å². The minimum atomic E-state index is -3.39. The lowest BCUT2D eigenvalue weighted by atomic mass is 10.1. The van der Waals surface area contributed by atoms with Gasteiger partial charge in [0.15, 0.2) is 0 Å². The first-order chi connectivity index (χ1) is 10.3. The number of hydrogen-bond donors (Lipinski definition) is 3. The third kappa shape index (κ3) is 7.02. The Labute approximate surface area is 132 Å². The van der Waals surface area contributed by atoms with Gasteiger partial charge >= 0.3 is 0 Å². The largest absolute Gasteiger partial charge is 0.352 e. The van der Waals surface area contributed by atoms with Crippen molar-refractivity contribution in [2.75, 3.05) is 6.54 Å². The molecule has 7 heteroatoms. The van der Waals surface area contributed by atoms with E-state index in [1.165, 1.54) is 0 Å². The Balaban J connectivity index is 2.72. The van der Waals surface area contributed by atoms with E-state index in [2.05, 4.69) is 10.0 Å². The molecule has 0 spiro atoms. The van der Waals surface area contributed by atoms with Crippen LogP contribution < -0.4 is 15.8 Å². The van der Waals surface area contributed by atoms with Gasteiger partial charge in [-0.25, -0.2) is 13.1 Å². The lowest BCUT2D eigenvalue weighted by molar-refractivity contribution is -0.121. The number of nitrogens with two attached hydrogens (primary N) is 1. The van der Waals surface area contributed by atoms with Gasteiger partial charge in [-0.15, -0.1) is 0 Å². The second-order valence-electron chi connectivity index (χ2n) is 5.47. The number of nitrogens with one attached hydrogen (secondary N) is 2. The maximum atomic E-state index is 12.0. The SMILES string of the molecule is CC(C)NS(=O)(=O)Cc1ccccc1CNC(=O)CCCN. The van der Waals surface area contributed by atoms with Crippen LogP contribution in [-0.2, 0) is 27.1 Å². The summed E-state index contributed by atoms with van der Waals surface area (Å²) in [5.41, 5.74) is 6.86. The maximum Gasteiger partial charge on any atom is 0.220 e. The van der Waals surface area contributed by atoms with Gasteiger partial charge in [-0.3, -0.25) is 4.79 Å². The fraction of sp³-hybridized carbons (Fsp3) is 0.533. The van der Waals surface area contributed by atoms with E-state index >= 15 is 0 Å². The normalized spacial score (nSPS) is 11.6. The molecule has 0 bridgehead atoms. The molecule has 0 aliphatic carbocycles. The monoisotopic (exact) mass is 327 g/mol. The highest BCUT2D eigenvalue weighted by Gasteiger charge is 2.15. The van der Waals surface area contributed by atoms with E-state index in [0.717, 1.165) is 5.56 Å². The predicted octanol–water partition coefficient (Wildman–Crippen LogP) is 0.870. The van der Waals surface area contributed by atoms with Crippen molar-refractivity contribution in [3.8, 4) is 0 Å². The van der Waals surface area contributed by atoms with Crippen molar-refractivity contribution in [3.63, 3.8) is 0 Å². The molecule has 0 aliphatic rings. The molecule has 0 fully saturated rings.